The zero-order valence-corrected chi connectivity index (χ0v) is 19.4. The first kappa shape index (κ1) is 23.5. The van der Waals surface area contributed by atoms with Gasteiger partial charge in [0.2, 0.25) is 5.91 Å². The number of ether oxygens (including phenoxy) is 2. The van der Waals surface area contributed by atoms with Crippen LogP contribution in [0.2, 0.25) is 5.02 Å². The number of amides is 2. The minimum Gasteiger partial charge on any atom is -0.497 e. The van der Waals surface area contributed by atoms with Crippen molar-refractivity contribution in [2.75, 3.05) is 24.9 Å². The summed E-state index contributed by atoms with van der Waals surface area (Å²) in [7, 11) is 3.09. The molecule has 6 nitrogen and oxygen atoms in total. The normalized spacial score (nSPS) is 11.4. The quantitative estimate of drug-likeness (QED) is 0.411. The summed E-state index contributed by atoms with van der Waals surface area (Å²) < 4.78 is 10.3. The van der Waals surface area contributed by atoms with Crippen molar-refractivity contribution in [2.24, 2.45) is 0 Å². The Balaban J connectivity index is 1.56. The van der Waals surface area contributed by atoms with Crippen LogP contribution in [0.4, 0.5) is 11.4 Å². The monoisotopic (exact) mass is 470 g/mol. The van der Waals surface area contributed by atoms with Crippen molar-refractivity contribution in [3.05, 3.63) is 77.3 Å². The number of hydrogen-bond donors (Lipinski definition) is 2. The number of anilines is 2. The van der Waals surface area contributed by atoms with Crippen LogP contribution >= 0.6 is 23.4 Å². The molecule has 1 unspecified atom stereocenters. The van der Waals surface area contributed by atoms with Gasteiger partial charge < -0.3 is 20.1 Å². The van der Waals surface area contributed by atoms with Gasteiger partial charge in [0, 0.05) is 21.8 Å². The summed E-state index contributed by atoms with van der Waals surface area (Å²) in [5.41, 5.74) is 1.77. The van der Waals surface area contributed by atoms with Crippen LogP contribution in [0.1, 0.15) is 17.3 Å². The van der Waals surface area contributed by atoms with Gasteiger partial charge in [-0.15, -0.1) is 11.8 Å². The fraction of sp³-hybridized carbons (Fsp3) is 0.167. The summed E-state index contributed by atoms with van der Waals surface area (Å²) in [6, 6.07) is 19.4. The largest absolute Gasteiger partial charge is 0.497 e. The van der Waals surface area contributed by atoms with E-state index in [0.717, 1.165) is 4.90 Å². The molecule has 0 aromatic heterocycles. The molecule has 2 N–H and O–H groups in total. The lowest BCUT2D eigenvalue weighted by molar-refractivity contribution is -0.115. The van der Waals surface area contributed by atoms with Gasteiger partial charge in [0.25, 0.3) is 5.91 Å². The van der Waals surface area contributed by atoms with Crippen LogP contribution in [0.5, 0.6) is 11.5 Å². The number of carbonyl (C=O) groups is 2. The minimum atomic E-state index is -0.340. The van der Waals surface area contributed by atoms with E-state index in [1.165, 1.54) is 18.9 Å². The molecule has 166 valence electrons. The molecule has 0 heterocycles. The third-order valence-electron chi connectivity index (χ3n) is 4.55. The molecule has 0 saturated heterocycles. The highest BCUT2D eigenvalue weighted by Crippen LogP contribution is 2.29. The van der Waals surface area contributed by atoms with Crippen molar-refractivity contribution in [3.8, 4) is 11.5 Å². The van der Waals surface area contributed by atoms with E-state index in [9.17, 15) is 9.59 Å². The molecule has 0 bridgehead atoms. The van der Waals surface area contributed by atoms with Gasteiger partial charge in [-0.25, -0.2) is 0 Å². The lowest BCUT2D eigenvalue weighted by Crippen LogP contribution is -2.22. The molecule has 0 saturated carbocycles. The summed E-state index contributed by atoms with van der Waals surface area (Å²) >= 11 is 7.52. The highest BCUT2D eigenvalue weighted by atomic mass is 35.5. The van der Waals surface area contributed by atoms with E-state index >= 15 is 0 Å². The summed E-state index contributed by atoms with van der Waals surface area (Å²) in [6.45, 7) is 1.82. The van der Waals surface area contributed by atoms with E-state index < -0.39 is 0 Å². The molecule has 0 spiro atoms. The number of hydrogen-bond acceptors (Lipinski definition) is 5. The fourth-order valence-electron chi connectivity index (χ4n) is 2.83. The Morgan fingerprint density at radius 3 is 2.28 bits per heavy atom. The van der Waals surface area contributed by atoms with E-state index in [4.69, 9.17) is 21.1 Å². The van der Waals surface area contributed by atoms with Crippen LogP contribution in [-0.2, 0) is 4.79 Å². The van der Waals surface area contributed by atoms with Crippen molar-refractivity contribution in [1.29, 1.82) is 0 Å². The Morgan fingerprint density at radius 1 is 0.906 bits per heavy atom. The number of benzene rings is 3. The maximum absolute atomic E-state index is 12.5. The maximum atomic E-state index is 12.5. The molecular formula is C24H23ClN2O4S. The number of nitrogens with one attached hydrogen (secondary N) is 2. The second kappa shape index (κ2) is 10.9. The van der Waals surface area contributed by atoms with Crippen LogP contribution in [0, 0.1) is 0 Å². The Hall–Kier alpha value is -3.16. The van der Waals surface area contributed by atoms with Crippen LogP contribution in [0.25, 0.3) is 0 Å². The van der Waals surface area contributed by atoms with Gasteiger partial charge >= 0.3 is 0 Å². The highest BCUT2D eigenvalue weighted by molar-refractivity contribution is 8.00. The number of halogens is 1. The predicted molar refractivity (Wildman–Crippen MR) is 129 cm³/mol. The third kappa shape index (κ3) is 6.18. The summed E-state index contributed by atoms with van der Waals surface area (Å²) in [6.07, 6.45) is 0. The smallest absolute Gasteiger partial charge is 0.255 e. The van der Waals surface area contributed by atoms with Crippen molar-refractivity contribution in [3.63, 3.8) is 0 Å². The molecular weight excluding hydrogens is 448 g/mol. The number of thioether (sulfide) groups is 1. The molecule has 0 aliphatic heterocycles. The molecule has 0 aliphatic carbocycles. The lowest BCUT2D eigenvalue weighted by atomic mass is 10.2. The number of carbonyl (C=O) groups excluding carboxylic acids is 2. The van der Waals surface area contributed by atoms with Gasteiger partial charge in [0.05, 0.1) is 24.5 Å². The van der Waals surface area contributed by atoms with Crippen LogP contribution < -0.4 is 20.1 Å². The Morgan fingerprint density at radius 2 is 1.62 bits per heavy atom. The lowest BCUT2D eigenvalue weighted by Gasteiger charge is -2.13. The van der Waals surface area contributed by atoms with Gasteiger partial charge in [-0.05, 0) is 67.6 Å². The van der Waals surface area contributed by atoms with Gasteiger partial charge in [0.15, 0.2) is 0 Å². The van der Waals surface area contributed by atoms with Crippen LogP contribution in [0.3, 0.4) is 0 Å². The second-order valence-electron chi connectivity index (χ2n) is 6.81. The van der Waals surface area contributed by atoms with Crippen molar-refractivity contribution in [1.82, 2.24) is 0 Å². The standard InChI is InChI=1S/C24H23ClN2O4S/c1-15(23(28)27-18-9-12-22(31-3)21(25)14-18)32-20-10-7-17(8-11-20)26-24(29)16-5-4-6-19(13-16)30-2/h4-15H,1-3H3,(H,26,29)(H,27,28). The molecule has 2 amide bonds. The first-order valence-electron chi connectivity index (χ1n) is 9.76. The van der Waals surface area contributed by atoms with E-state index in [2.05, 4.69) is 10.6 Å². The molecule has 32 heavy (non-hydrogen) atoms. The summed E-state index contributed by atoms with van der Waals surface area (Å²) in [5.74, 6) is 0.793. The highest BCUT2D eigenvalue weighted by Gasteiger charge is 2.16. The predicted octanol–water partition coefficient (Wildman–Crippen LogP) is 5.73. The van der Waals surface area contributed by atoms with Crippen molar-refractivity contribution >= 4 is 46.6 Å². The van der Waals surface area contributed by atoms with Crippen LogP contribution in [-0.4, -0.2) is 31.3 Å². The van der Waals surface area contributed by atoms with Crippen LogP contribution in [0.15, 0.2) is 71.6 Å². The number of rotatable bonds is 8. The zero-order chi connectivity index (χ0) is 23.1. The molecule has 8 heteroatoms. The van der Waals surface area contributed by atoms with Gasteiger partial charge in [-0.1, -0.05) is 17.7 Å². The SMILES string of the molecule is COc1cccc(C(=O)Nc2ccc(SC(C)C(=O)Nc3ccc(OC)c(Cl)c3)cc2)c1. The Labute approximate surface area is 196 Å². The van der Waals surface area contributed by atoms with E-state index in [0.29, 0.717) is 33.5 Å². The summed E-state index contributed by atoms with van der Waals surface area (Å²) in [5, 5.41) is 5.79. The molecule has 0 aliphatic rings. The molecule has 0 radical (unpaired) electrons. The van der Waals surface area contributed by atoms with Gasteiger partial charge in [-0.2, -0.15) is 0 Å². The Kier molecular flexibility index (Phi) is 8.03. The van der Waals surface area contributed by atoms with Crippen molar-refractivity contribution < 1.29 is 19.1 Å². The zero-order valence-electron chi connectivity index (χ0n) is 17.8. The molecule has 3 aromatic carbocycles. The third-order valence-corrected chi connectivity index (χ3v) is 5.95. The van der Waals surface area contributed by atoms with E-state index in [1.807, 2.05) is 19.1 Å². The molecule has 3 aromatic rings. The first-order valence-corrected chi connectivity index (χ1v) is 11.0. The average molecular weight is 471 g/mol. The van der Waals surface area contributed by atoms with Gasteiger partial charge in [-0.3, -0.25) is 9.59 Å². The average Bonchev–Trinajstić information content (AvgIpc) is 2.80. The number of methoxy groups -OCH3 is 2. The molecule has 0 fully saturated rings. The van der Waals surface area contributed by atoms with Crippen molar-refractivity contribution in [2.45, 2.75) is 17.1 Å². The molecule has 1 atom stereocenters. The minimum absolute atomic E-state index is 0.147. The Bertz CT molecular complexity index is 1110. The summed E-state index contributed by atoms with van der Waals surface area (Å²) in [4.78, 5) is 25.9. The first-order chi connectivity index (χ1) is 15.4. The topological polar surface area (TPSA) is 76.7 Å². The maximum Gasteiger partial charge on any atom is 0.255 e. The molecule has 3 rings (SSSR count). The van der Waals surface area contributed by atoms with E-state index in [1.54, 1.807) is 61.7 Å². The second-order valence-corrected chi connectivity index (χ2v) is 8.63. The van der Waals surface area contributed by atoms with E-state index in [-0.39, 0.29) is 17.1 Å². The van der Waals surface area contributed by atoms with Gasteiger partial charge in [0.1, 0.15) is 11.5 Å². The fourth-order valence-corrected chi connectivity index (χ4v) is 3.96.